The molecule has 0 unspecified atom stereocenters. The van der Waals surface area contributed by atoms with E-state index in [4.69, 9.17) is 14.2 Å². The quantitative estimate of drug-likeness (QED) is 0.275. The fraction of sp³-hybridized carbons (Fsp3) is 0.700. The molecule has 0 amide bonds. The summed E-state index contributed by atoms with van der Waals surface area (Å²) in [6, 6.07) is 0. The van der Waals surface area contributed by atoms with Gasteiger partial charge in [-0.3, -0.25) is 4.90 Å². The molecule has 0 aliphatic heterocycles. The van der Waals surface area contributed by atoms with Gasteiger partial charge in [0, 0.05) is 0 Å². The number of rotatable bonds is 7. The zero-order chi connectivity index (χ0) is 11.7. The highest BCUT2D eigenvalue weighted by Gasteiger charge is 2.05. The lowest BCUT2D eigenvalue weighted by molar-refractivity contribution is -0.142. The lowest BCUT2D eigenvalue weighted by Crippen LogP contribution is -2.19. The molecule has 0 rings (SSSR count). The summed E-state index contributed by atoms with van der Waals surface area (Å²) in [5.41, 5.74) is 0. The molecule has 88 valence electrons. The van der Waals surface area contributed by atoms with Gasteiger partial charge in [0.1, 0.15) is 12.8 Å². The van der Waals surface area contributed by atoms with E-state index in [1.165, 1.54) is 6.08 Å². The Kier molecular flexibility index (Phi) is 7.44. The first-order valence-electron chi connectivity index (χ1n) is 4.88. The second kappa shape index (κ2) is 8.11. The number of esters is 1. The molecule has 0 heterocycles. The number of carbonyl (C=O) groups is 1. The van der Waals surface area contributed by atoms with Crippen LogP contribution in [0.1, 0.15) is 13.8 Å². The molecule has 0 radical (unpaired) electrons. The highest BCUT2D eigenvalue weighted by molar-refractivity contribution is 5.82. The second-order valence-corrected chi connectivity index (χ2v) is 3.00. The summed E-state index contributed by atoms with van der Waals surface area (Å²) in [5.74, 6) is -0.274. The Morgan fingerprint density at radius 2 is 1.67 bits per heavy atom. The van der Waals surface area contributed by atoms with Crippen molar-refractivity contribution in [1.29, 1.82) is 0 Å². The van der Waals surface area contributed by atoms with E-state index in [1.54, 1.807) is 4.90 Å². The summed E-state index contributed by atoms with van der Waals surface area (Å²) < 4.78 is 15.0. The van der Waals surface area contributed by atoms with E-state index in [2.05, 4.69) is 0 Å². The predicted octanol–water partition coefficient (Wildman–Crippen LogP) is 0.963. The minimum Gasteiger partial charge on any atom is -0.466 e. The van der Waals surface area contributed by atoms with Crippen LogP contribution in [0.3, 0.4) is 0 Å². The van der Waals surface area contributed by atoms with Crippen LogP contribution in [0.15, 0.2) is 12.0 Å². The van der Waals surface area contributed by atoms with E-state index < -0.39 is 5.97 Å². The average molecular weight is 217 g/mol. The van der Waals surface area contributed by atoms with Crippen molar-refractivity contribution in [3.05, 3.63) is 12.0 Å². The van der Waals surface area contributed by atoms with Gasteiger partial charge >= 0.3 is 5.97 Å². The van der Waals surface area contributed by atoms with Gasteiger partial charge in [0.25, 0.3) is 5.95 Å². The minimum absolute atomic E-state index is 0.198. The molecule has 0 aliphatic carbocycles. The number of hydrogen-bond acceptors (Lipinski definition) is 5. The van der Waals surface area contributed by atoms with Gasteiger partial charge < -0.3 is 14.2 Å². The monoisotopic (exact) mass is 217 g/mol. The van der Waals surface area contributed by atoms with E-state index in [0.29, 0.717) is 13.2 Å². The first-order valence-corrected chi connectivity index (χ1v) is 4.88. The van der Waals surface area contributed by atoms with Crippen LogP contribution in [0.25, 0.3) is 0 Å². The van der Waals surface area contributed by atoms with Crippen LogP contribution < -0.4 is 0 Å². The Balaban J connectivity index is 4.08. The van der Waals surface area contributed by atoms with Gasteiger partial charge in [-0.15, -0.1) is 0 Å². The third kappa shape index (κ3) is 7.81. The molecule has 0 fully saturated rings. The molecule has 15 heavy (non-hydrogen) atoms. The molecule has 0 spiro atoms. The summed E-state index contributed by atoms with van der Waals surface area (Å²) in [6.45, 7) is 4.77. The Bertz CT molecular complexity index is 205. The molecule has 0 N–H and O–H groups in total. The van der Waals surface area contributed by atoms with Gasteiger partial charge in [-0.05, 0) is 27.9 Å². The SMILES string of the molecule is CCOC(=CC(=O)OCN(C)C)OCC. The molecule has 0 aliphatic rings. The third-order valence-electron chi connectivity index (χ3n) is 1.27. The van der Waals surface area contributed by atoms with Gasteiger partial charge in [-0.1, -0.05) is 0 Å². The fourth-order valence-corrected chi connectivity index (χ4v) is 0.740. The summed E-state index contributed by atoms with van der Waals surface area (Å²) in [7, 11) is 3.62. The molecule has 0 aromatic rings. The van der Waals surface area contributed by atoms with Crippen molar-refractivity contribution in [1.82, 2.24) is 4.90 Å². The summed E-state index contributed by atoms with van der Waals surface area (Å²) >= 11 is 0. The molecule has 5 heteroatoms. The maximum absolute atomic E-state index is 11.2. The Morgan fingerprint density at radius 1 is 1.13 bits per heavy atom. The van der Waals surface area contributed by atoms with Gasteiger partial charge in [0.15, 0.2) is 0 Å². The first kappa shape index (κ1) is 13.8. The van der Waals surface area contributed by atoms with E-state index in [-0.39, 0.29) is 12.7 Å². The van der Waals surface area contributed by atoms with Crippen molar-refractivity contribution in [2.75, 3.05) is 34.0 Å². The highest BCUT2D eigenvalue weighted by Crippen LogP contribution is 2.00. The Morgan fingerprint density at radius 3 is 2.07 bits per heavy atom. The average Bonchev–Trinajstić information content (AvgIpc) is 2.15. The largest absolute Gasteiger partial charge is 0.466 e. The van der Waals surface area contributed by atoms with Crippen molar-refractivity contribution in [3.63, 3.8) is 0 Å². The lowest BCUT2D eigenvalue weighted by Gasteiger charge is -2.10. The maximum Gasteiger partial charge on any atom is 0.339 e. The van der Waals surface area contributed by atoms with Gasteiger partial charge in [-0.2, -0.15) is 0 Å². The summed E-state index contributed by atoms with van der Waals surface area (Å²) in [4.78, 5) is 13.0. The van der Waals surface area contributed by atoms with Crippen LogP contribution in [0.5, 0.6) is 0 Å². The normalized spacial score (nSPS) is 9.67. The van der Waals surface area contributed by atoms with Crippen LogP contribution in [0.4, 0.5) is 0 Å². The topological polar surface area (TPSA) is 48.0 Å². The predicted molar refractivity (Wildman–Crippen MR) is 56.0 cm³/mol. The number of carbonyl (C=O) groups excluding carboxylic acids is 1. The van der Waals surface area contributed by atoms with Crippen molar-refractivity contribution in [3.8, 4) is 0 Å². The van der Waals surface area contributed by atoms with Crippen LogP contribution in [0, 0.1) is 0 Å². The van der Waals surface area contributed by atoms with Crippen molar-refractivity contribution < 1.29 is 19.0 Å². The van der Waals surface area contributed by atoms with E-state index in [1.807, 2.05) is 27.9 Å². The molecule has 0 aromatic heterocycles. The lowest BCUT2D eigenvalue weighted by atomic mass is 10.6. The Hall–Kier alpha value is -1.23. The van der Waals surface area contributed by atoms with Gasteiger partial charge in [0.2, 0.25) is 0 Å². The van der Waals surface area contributed by atoms with Crippen molar-refractivity contribution in [2.24, 2.45) is 0 Å². The number of hydrogen-bond donors (Lipinski definition) is 0. The third-order valence-corrected chi connectivity index (χ3v) is 1.27. The smallest absolute Gasteiger partial charge is 0.339 e. The molecule has 0 bridgehead atoms. The first-order chi connectivity index (χ1) is 7.10. The van der Waals surface area contributed by atoms with Crippen molar-refractivity contribution in [2.45, 2.75) is 13.8 Å². The maximum atomic E-state index is 11.2. The fourth-order valence-electron chi connectivity index (χ4n) is 0.740. The molecular weight excluding hydrogens is 198 g/mol. The second-order valence-electron chi connectivity index (χ2n) is 3.00. The van der Waals surface area contributed by atoms with Crippen molar-refractivity contribution >= 4 is 5.97 Å². The zero-order valence-corrected chi connectivity index (χ0v) is 9.78. The number of nitrogens with zero attached hydrogens (tertiary/aromatic N) is 1. The molecular formula is C10H19NO4. The highest BCUT2D eigenvalue weighted by atomic mass is 16.7. The zero-order valence-electron chi connectivity index (χ0n) is 9.78. The van der Waals surface area contributed by atoms with Crippen LogP contribution in [0.2, 0.25) is 0 Å². The van der Waals surface area contributed by atoms with Gasteiger partial charge in [-0.25, -0.2) is 4.79 Å². The van der Waals surface area contributed by atoms with Crippen LogP contribution >= 0.6 is 0 Å². The molecule has 0 saturated carbocycles. The Labute approximate surface area is 90.6 Å². The molecule has 0 aromatic carbocycles. The summed E-state index contributed by atoms with van der Waals surface area (Å²) in [5, 5.41) is 0. The molecule has 5 nitrogen and oxygen atoms in total. The standard InChI is InChI=1S/C10H19NO4/c1-5-13-10(14-6-2)7-9(12)15-8-11(3)4/h7H,5-6,8H2,1-4H3. The molecule has 0 atom stereocenters. The van der Waals surface area contributed by atoms with E-state index in [0.717, 1.165) is 0 Å². The summed E-state index contributed by atoms with van der Waals surface area (Å²) in [6.07, 6.45) is 1.20. The van der Waals surface area contributed by atoms with E-state index in [9.17, 15) is 4.79 Å². The van der Waals surface area contributed by atoms with Crippen LogP contribution in [-0.4, -0.2) is 44.9 Å². The van der Waals surface area contributed by atoms with Gasteiger partial charge in [0.05, 0.1) is 13.2 Å². The van der Waals surface area contributed by atoms with Crippen LogP contribution in [-0.2, 0) is 19.0 Å². The number of ether oxygens (including phenoxy) is 3. The minimum atomic E-state index is -0.472. The molecule has 0 saturated heterocycles. The van der Waals surface area contributed by atoms with E-state index >= 15 is 0 Å².